The third-order valence-corrected chi connectivity index (χ3v) is 5.75. The first-order valence-electron chi connectivity index (χ1n) is 6.19. The lowest BCUT2D eigenvalue weighted by molar-refractivity contribution is 1.41. The van der Waals surface area contributed by atoms with Crippen molar-refractivity contribution in [1.29, 1.82) is 0 Å². The van der Waals surface area contributed by atoms with Crippen LogP contribution >= 0.6 is 34.4 Å². The molecular weight excluding hydrogens is 288 g/mol. The molecule has 0 spiro atoms. The van der Waals surface area contributed by atoms with Crippen molar-refractivity contribution in [1.82, 2.24) is 0 Å². The van der Waals surface area contributed by atoms with Crippen LogP contribution in [0.1, 0.15) is 38.8 Å². The maximum atomic E-state index is 2.26. The highest BCUT2D eigenvalue weighted by atomic mass is 32.2. The highest BCUT2D eigenvalue weighted by molar-refractivity contribution is 8.03. The first-order valence-corrected chi connectivity index (χ1v) is 8.76. The second-order valence-corrected chi connectivity index (χ2v) is 8.24. The monoisotopic (exact) mass is 306 g/mol. The Morgan fingerprint density at radius 2 is 1.26 bits per heavy atom. The zero-order valence-electron chi connectivity index (χ0n) is 11.7. The van der Waals surface area contributed by atoms with Crippen LogP contribution in [0, 0.1) is 0 Å². The van der Waals surface area contributed by atoms with Crippen molar-refractivity contribution in [3.05, 3.63) is 45.2 Å². The molecule has 0 radical (unpaired) electrons. The maximum Gasteiger partial charge on any atom is 0.0726 e. The molecule has 100 valence electrons. The average Bonchev–Trinajstić information content (AvgIpc) is 2.89. The van der Waals surface area contributed by atoms with Crippen molar-refractivity contribution in [3.63, 3.8) is 0 Å². The zero-order chi connectivity index (χ0) is 13.8. The SMILES string of the molecule is CC(C)=Cc1ccsc1Sc1sccc1C=C(C)C. The smallest absolute Gasteiger partial charge is 0.0726 e. The van der Waals surface area contributed by atoms with E-state index in [-0.39, 0.29) is 0 Å². The summed E-state index contributed by atoms with van der Waals surface area (Å²) in [4.78, 5) is 0. The molecule has 0 unspecified atom stereocenters. The molecule has 2 aromatic rings. The van der Waals surface area contributed by atoms with Gasteiger partial charge in [-0.25, -0.2) is 0 Å². The van der Waals surface area contributed by atoms with Crippen LogP contribution in [0.4, 0.5) is 0 Å². The fraction of sp³-hybridized carbons (Fsp3) is 0.250. The van der Waals surface area contributed by atoms with E-state index in [9.17, 15) is 0 Å². The number of hydrogen-bond donors (Lipinski definition) is 0. The van der Waals surface area contributed by atoms with Crippen LogP contribution in [0.15, 0.2) is 42.5 Å². The van der Waals surface area contributed by atoms with Crippen molar-refractivity contribution < 1.29 is 0 Å². The highest BCUT2D eigenvalue weighted by Crippen LogP contribution is 2.40. The average molecular weight is 307 g/mol. The van der Waals surface area contributed by atoms with Gasteiger partial charge in [0.05, 0.1) is 8.42 Å². The molecule has 0 atom stereocenters. The van der Waals surface area contributed by atoms with E-state index in [1.165, 1.54) is 30.7 Å². The minimum Gasteiger partial charge on any atom is -0.136 e. The van der Waals surface area contributed by atoms with Gasteiger partial charge in [0, 0.05) is 0 Å². The summed E-state index contributed by atoms with van der Waals surface area (Å²) in [6.07, 6.45) is 4.51. The van der Waals surface area contributed by atoms with Gasteiger partial charge in [0.2, 0.25) is 0 Å². The van der Waals surface area contributed by atoms with E-state index in [0.717, 1.165) is 0 Å². The van der Waals surface area contributed by atoms with Gasteiger partial charge in [-0.1, -0.05) is 35.1 Å². The second-order valence-electron chi connectivity index (χ2n) is 4.87. The Hall–Kier alpha value is -0.770. The lowest BCUT2D eigenvalue weighted by atomic mass is 10.2. The van der Waals surface area contributed by atoms with Crippen molar-refractivity contribution >= 4 is 46.6 Å². The largest absolute Gasteiger partial charge is 0.136 e. The predicted molar refractivity (Wildman–Crippen MR) is 91.4 cm³/mol. The van der Waals surface area contributed by atoms with Crippen LogP contribution in [0.3, 0.4) is 0 Å². The molecule has 0 fully saturated rings. The lowest BCUT2D eigenvalue weighted by Gasteiger charge is -2.01. The van der Waals surface area contributed by atoms with Gasteiger partial charge in [-0.05, 0) is 61.7 Å². The molecule has 0 N–H and O–H groups in total. The van der Waals surface area contributed by atoms with Crippen molar-refractivity contribution in [2.75, 3.05) is 0 Å². The summed E-state index contributed by atoms with van der Waals surface area (Å²) in [6, 6.07) is 4.41. The molecule has 0 aliphatic rings. The topological polar surface area (TPSA) is 0 Å². The molecule has 0 aliphatic carbocycles. The Morgan fingerprint density at radius 1 is 0.842 bits per heavy atom. The quantitative estimate of drug-likeness (QED) is 0.598. The Morgan fingerprint density at radius 3 is 1.63 bits per heavy atom. The van der Waals surface area contributed by atoms with Crippen molar-refractivity contribution in [2.45, 2.75) is 36.1 Å². The van der Waals surface area contributed by atoms with Crippen LogP contribution < -0.4 is 0 Å². The molecule has 0 bridgehead atoms. The number of hydrogen-bond acceptors (Lipinski definition) is 3. The van der Waals surface area contributed by atoms with Gasteiger partial charge in [-0.3, -0.25) is 0 Å². The van der Waals surface area contributed by atoms with Crippen LogP contribution in [0.25, 0.3) is 12.2 Å². The fourth-order valence-corrected chi connectivity index (χ4v) is 4.93. The van der Waals surface area contributed by atoms with Gasteiger partial charge in [-0.15, -0.1) is 22.7 Å². The molecular formula is C16H18S3. The number of rotatable bonds is 4. The first kappa shape index (κ1) is 14.6. The first-order chi connectivity index (χ1) is 9.06. The Bertz CT molecular complexity index is 549. The molecule has 0 amide bonds. The number of allylic oxidation sites excluding steroid dienone is 2. The maximum absolute atomic E-state index is 2.26. The third kappa shape index (κ3) is 4.10. The molecule has 2 aromatic heterocycles. The molecule has 19 heavy (non-hydrogen) atoms. The molecule has 0 saturated heterocycles. The Labute approximate surface area is 127 Å². The number of thiophene rings is 2. The normalized spacial score (nSPS) is 10.3. The predicted octanol–water partition coefficient (Wildman–Crippen LogP) is 6.81. The lowest BCUT2D eigenvalue weighted by Crippen LogP contribution is -1.74. The molecule has 0 saturated carbocycles. The van der Waals surface area contributed by atoms with Crippen LogP contribution in [0.5, 0.6) is 0 Å². The van der Waals surface area contributed by atoms with E-state index in [4.69, 9.17) is 0 Å². The van der Waals surface area contributed by atoms with Gasteiger partial charge in [0.25, 0.3) is 0 Å². The summed E-state index contributed by atoms with van der Waals surface area (Å²) in [6.45, 7) is 8.58. The van der Waals surface area contributed by atoms with Crippen molar-refractivity contribution in [2.24, 2.45) is 0 Å². The molecule has 2 heterocycles. The fourth-order valence-electron chi connectivity index (χ4n) is 1.70. The summed E-state index contributed by atoms with van der Waals surface area (Å²) in [5.41, 5.74) is 5.37. The molecule has 0 aromatic carbocycles. The highest BCUT2D eigenvalue weighted by Gasteiger charge is 2.08. The van der Waals surface area contributed by atoms with E-state index in [1.807, 2.05) is 34.4 Å². The van der Waals surface area contributed by atoms with E-state index >= 15 is 0 Å². The Kier molecular flexibility index (Phi) is 5.08. The van der Waals surface area contributed by atoms with Gasteiger partial charge < -0.3 is 0 Å². The van der Waals surface area contributed by atoms with Gasteiger partial charge in [0.15, 0.2) is 0 Å². The van der Waals surface area contributed by atoms with Crippen LogP contribution in [-0.4, -0.2) is 0 Å². The summed E-state index contributed by atoms with van der Waals surface area (Å²) in [5, 5.41) is 4.34. The summed E-state index contributed by atoms with van der Waals surface area (Å²) in [7, 11) is 0. The van der Waals surface area contributed by atoms with E-state index in [1.54, 1.807) is 0 Å². The molecule has 0 aliphatic heterocycles. The van der Waals surface area contributed by atoms with E-state index < -0.39 is 0 Å². The summed E-state index contributed by atoms with van der Waals surface area (Å²) < 4.78 is 2.76. The third-order valence-electron chi connectivity index (χ3n) is 2.39. The van der Waals surface area contributed by atoms with Gasteiger partial charge in [-0.2, -0.15) is 0 Å². The van der Waals surface area contributed by atoms with E-state index in [2.05, 4.69) is 62.7 Å². The van der Waals surface area contributed by atoms with Crippen molar-refractivity contribution in [3.8, 4) is 0 Å². The minimum absolute atomic E-state index is 1.34. The van der Waals surface area contributed by atoms with Gasteiger partial charge in [0.1, 0.15) is 0 Å². The van der Waals surface area contributed by atoms with Crippen LogP contribution in [-0.2, 0) is 0 Å². The Balaban J connectivity index is 2.28. The summed E-state index contributed by atoms with van der Waals surface area (Å²) in [5.74, 6) is 0. The molecule has 0 nitrogen and oxygen atoms in total. The summed E-state index contributed by atoms with van der Waals surface area (Å²) >= 11 is 5.53. The molecule has 3 heteroatoms. The second kappa shape index (κ2) is 6.60. The van der Waals surface area contributed by atoms with Crippen LogP contribution in [0.2, 0.25) is 0 Å². The van der Waals surface area contributed by atoms with E-state index in [0.29, 0.717) is 0 Å². The standard InChI is InChI=1S/C16H18S3/c1-11(2)9-13-5-7-17-15(13)19-16-14(6-8-18-16)10-12(3)4/h5-10H,1-4H3. The molecule has 2 rings (SSSR count). The minimum atomic E-state index is 1.34. The van der Waals surface area contributed by atoms with Gasteiger partial charge >= 0.3 is 0 Å². The zero-order valence-corrected chi connectivity index (χ0v) is 14.1.